The van der Waals surface area contributed by atoms with Gasteiger partial charge >= 0.3 is 6.09 Å². The van der Waals surface area contributed by atoms with Gasteiger partial charge in [0.2, 0.25) is 10.0 Å². The van der Waals surface area contributed by atoms with Crippen LogP contribution in [0, 0.1) is 0 Å². The average molecular weight is 370 g/mol. The minimum absolute atomic E-state index is 0.0909. The molecule has 1 aromatic carbocycles. The Labute approximate surface area is 149 Å². The van der Waals surface area contributed by atoms with E-state index < -0.39 is 27.3 Å². The summed E-state index contributed by atoms with van der Waals surface area (Å²) < 4.78 is 32.2. The molecule has 1 aliphatic heterocycles. The van der Waals surface area contributed by atoms with Crippen LogP contribution in [0.3, 0.4) is 0 Å². The lowest BCUT2D eigenvalue weighted by Crippen LogP contribution is -2.52. The third-order valence-corrected chi connectivity index (χ3v) is 5.41. The van der Waals surface area contributed by atoms with E-state index in [0.717, 1.165) is 0 Å². The van der Waals surface area contributed by atoms with Gasteiger partial charge in [-0.1, -0.05) is 18.2 Å². The first-order valence-electron chi connectivity index (χ1n) is 8.26. The van der Waals surface area contributed by atoms with E-state index in [1.165, 1.54) is 17.0 Å². The lowest BCUT2D eigenvalue weighted by atomic mass is 9.92. The van der Waals surface area contributed by atoms with Crippen molar-refractivity contribution in [2.24, 2.45) is 0 Å². The highest BCUT2D eigenvalue weighted by molar-refractivity contribution is 7.89. The van der Waals surface area contributed by atoms with Crippen LogP contribution in [0.15, 0.2) is 35.2 Å². The van der Waals surface area contributed by atoms with Crippen molar-refractivity contribution in [2.45, 2.75) is 49.7 Å². The van der Waals surface area contributed by atoms with Gasteiger partial charge in [0.15, 0.2) is 0 Å². The number of sulfonamides is 1. The second-order valence-electron chi connectivity index (χ2n) is 7.33. The Morgan fingerprint density at radius 3 is 2.32 bits per heavy atom. The van der Waals surface area contributed by atoms with E-state index in [9.17, 15) is 18.3 Å². The summed E-state index contributed by atoms with van der Waals surface area (Å²) in [6, 6.07) is 8.01. The summed E-state index contributed by atoms with van der Waals surface area (Å²) in [4.78, 5) is 13.7. The van der Waals surface area contributed by atoms with Crippen molar-refractivity contribution in [2.75, 3.05) is 19.6 Å². The zero-order valence-corrected chi connectivity index (χ0v) is 15.7. The van der Waals surface area contributed by atoms with Crippen LogP contribution in [0.2, 0.25) is 0 Å². The van der Waals surface area contributed by atoms with Gasteiger partial charge in [-0.3, -0.25) is 0 Å². The number of amides is 1. The minimum Gasteiger partial charge on any atom is -0.444 e. The monoisotopic (exact) mass is 370 g/mol. The van der Waals surface area contributed by atoms with E-state index >= 15 is 0 Å². The number of rotatable bonds is 4. The van der Waals surface area contributed by atoms with Crippen molar-refractivity contribution in [3.05, 3.63) is 30.3 Å². The Morgan fingerprint density at radius 2 is 1.80 bits per heavy atom. The van der Waals surface area contributed by atoms with Crippen LogP contribution in [0.4, 0.5) is 4.79 Å². The summed E-state index contributed by atoms with van der Waals surface area (Å²) in [5, 5.41) is 10.6. The number of hydrogen-bond donors (Lipinski definition) is 2. The highest BCUT2D eigenvalue weighted by Gasteiger charge is 2.36. The Balaban J connectivity index is 1.89. The van der Waals surface area contributed by atoms with Gasteiger partial charge in [0.25, 0.3) is 0 Å². The molecule has 0 bridgehead atoms. The molecule has 1 heterocycles. The molecule has 0 aromatic heterocycles. The molecule has 0 spiro atoms. The number of ether oxygens (including phenoxy) is 1. The number of benzene rings is 1. The third kappa shape index (κ3) is 5.69. The van der Waals surface area contributed by atoms with Gasteiger partial charge in [-0.25, -0.2) is 17.9 Å². The van der Waals surface area contributed by atoms with Crippen LogP contribution in [-0.4, -0.2) is 55.4 Å². The van der Waals surface area contributed by atoms with Crippen LogP contribution in [-0.2, 0) is 14.8 Å². The molecular weight excluding hydrogens is 344 g/mol. The molecule has 2 N–H and O–H groups in total. The molecule has 0 atom stereocenters. The van der Waals surface area contributed by atoms with Gasteiger partial charge in [0, 0.05) is 19.6 Å². The second kappa shape index (κ2) is 7.31. The topological polar surface area (TPSA) is 95.9 Å². The third-order valence-electron chi connectivity index (χ3n) is 3.99. The predicted molar refractivity (Wildman–Crippen MR) is 93.6 cm³/mol. The zero-order valence-electron chi connectivity index (χ0n) is 14.9. The number of aliphatic hydroxyl groups is 1. The quantitative estimate of drug-likeness (QED) is 0.841. The van der Waals surface area contributed by atoms with Crippen molar-refractivity contribution in [3.63, 3.8) is 0 Å². The summed E-state index contributed by atoms with van der Waals surface area (Å²) in [7, 11) is -3.67. The van der Waals surface area contributed by atoms with Crippen LogP contribution < -0.4 is 4.72 Å². The van der Waals surface area contributed by atoms with Gasteiger partial charge in [0.05, 0.1) is 10.5 Å². The predicted octanol–water partition coefficient (Wildman–Crippen LogP) is 1.73. The fraction of sp³-hybridized carbons (Fsp3) is 0.588. The van der Waals surface area contributed by atoms with Gasteiger partial charge < -0.3 is 14.7 Å². The first-order chi connectivity index (χ1) is 11.5. The fourth-order valence-electron chi connectivity index (χ4n) is 2.52. The molecule has 7 nitrogen and oxygen atoms in total. The normalized spacial score (nSPS) is 18.0. The van der Waals surface area contributed by atoms with Crippen molar-refractivity contribution >= 4 is 16.1 Å². The molecule has 0 aliphatic carbocycles. The maximum Gasteiger partial charge on any atom is 0.410 e. The van der Waals surface area contributed by atoms with Gasteiger partial charge in [-0.2, -0.15) is 0 Å². The summed E-state index contributed by atoms with van der Waals surface area (Å²) in [6.45, 7) is 5.93. The molecule has 8 heteroatoms. The molecule has 2 rings (SSSR count). The number of carbonyl (C=O) groups is 1. The Hall–Kier alpha value is -1.64. The minimum atomic E-state index is -3.67. The lowest BCUT2D eigenvalue weighted by molar-refractivity contribution is -0.0284. The van der Waals surface area contributed by atoms with E-state index in [2.05, 4.69) is 4.72 Å². The van der Waals surface area contributed by atoms with E-state index in [4.69, 9.17) is 4.74 Å². The number of carbonyl (C=O) groups excluding carboxylic acids is 1. The molecule has 1 aliphatic rings. The summed E-state index contributed by atoms with van der Waals surface area (Å²) in [5.41, 5.74) is -1.75. The fourth-order valence-corrected chi connectivity index (χ4v) is 3.66. The molecule has 1 amide bonds. The summed E-state index contributed by atoms with van der Waals surface area (Å²) in [5.74, 6) is 0. The van der Waals surface area contributed by atoms with Crippen molar-refractivity contribution < 1.29 is 23.1 Å². The number of likely N-dealkylation sites (tertiary alicyclic amines) is 1. The maximum absolute atomic E-state index is 12.2. The average Bonchev–Trinajstić information content (AvgIpc) is 2.53. The lowest BCUT2D eigenvalue weighted by Gasteiger charge is -2.38. The first-order valence-corrected chi connectivity index (χ1v) is 9.74. The molecule has 140 valence electrons. The highest BCUT2D eigenvalue weighted by Crippen LogP contribution is 2.23. The largest absolute Gasteiger partial charge is 0.444 e. The highest BCUT2D eigenvalue weighted by atomic mass is 32.2. The Kier molecular flexibility index (Phi) is 5.75. The zero-order chi connectivity index (χ0) is 18.7. The molecule has 25 heavy (non-hydrogen) atoms. The van der Waals surface area contributed by atoms with E-state index in [0.29, 0.717) is 13.1 Å². The molecular formula is C17H26N2O5S. The molecule has 0 saturated carbocycles. The van der Waals surface area contributed by atoms with Crippen LogP contribution in [0.1, 0.15) is 33.6 Å². The van der Waals surface area contributed by atoms with E-state index in [1.807, 2.05) is 0 Å². The molecule has 0 radical (unpaired) electrons. The van der Waals surface area contributed by atoms with Crippen molar-refractivity contribution in [1.29, 1.82) is 0 Å². The van der Waals surface area contributed by atoms with Crippen molar-refractivity contribution in [3.8, 4) is 0 Å². The first kappa shape index (κ1) is 19.7. The van der Waals surface area contributed by atoms with Gasteiger partial charge in [0.1, 0.15) is 5.60 Å². The number of nitrogens with zero attached hydrogens (tertiary/aromatic N) is 1. The van der Waals surface area contributed by atoms with Gasteiger partial charge in [-0.05, 0) is 45.7 Å². The SMILES string of the molecule is CC(C)(C)OC(=O)N1CCC(O)(CNS(=O)(=O)c2ccccc2)CC1. The number of nitrogens with one attached hydrogen (secondary N) is 1. The second-order valence-corrected chi connectivity index (χ2v) is 9.10. The number of hydrogen-bond acceptors (Lipinski definition) is 5. The smallest absolute Gasteiger partial charge is 0.410 e. The van der Waals surface area contributed by atoms with Crippen LogP contribution in [0.5, 0.6) is 0 Å². The summed E-state index contributed by atoms with van der Waals surface area (Å²) >= 11 is 0. The summed E-state index contributed by atoms with van der Waals surface area (Å²) in [6.07, 6.45) is 0.145. The van der Waals surface area contributed by atoms with Crippen molar-refractivity contribution in [1.82, 2.24) is 9.62 Å². The van der Waals surface area contributed by atoms with E-state index in [1.54, 1.807) is 39.0 Å². The molecule has 1 fully saturated rings. The molecule has 1 saturated heterocycles. The Bertz CT molecular complexity index is 689. The molecule has 0 unspecified atom stereocenters. The standard InChI is InChI=1S/C17H26N2O5S/c1-16(2,3)24-15(20)19-11-9-17(21,10-12-19)13-18-25(22,23)14-7-5-4-6-8-14/h4-8,18,21H,9-13H2,1-3H3. The van der Waals surface area contributed by atoms with Crippen LogP contribution >= 0.6 is 0 Å². The Morgan fingerprint density at radius 1 is 1.24 bits per heavy atom. The van der Waals surface area contributed by atoms with Gasteiger partial charge in [-0.15, -0.1) is 0 Å². The molecule has 1 aromatic rings. The van der Waals surface area contributed by atoms with Crippen LogP contribution in [0.25, 0.3) is 0 Å². The number of piperidine rings is 1. The van der Waals surface area contributed by atoms with E-state index in [-0.39, 0.29) is 24.3 Å². The maximum atomic E-state index is 12.2.